The molecule has 0 saturated heterocycles. The van der Waals surface area contributed by atoms with Crippen molar-refractivity contribution in [3.63, 3.8) is 0 Å². The lowest BCUT2D eigenvalue weighted by Crippen LogP contribution is -2.23. The molecule has 3 aromatic carbocycles. The van der Waals surface area contributed by atoms with Crippen molar-refractivity contribution in [3.05, 3.63) is 119 Å². The largest absolute Gasteiger partial charge is 0.399 e. The van der Waals surface area contributed by atoms with Crippen LogP contribution in [0.15, 0.2) is 108 Å². The number of hydrogen-bond acceptors (Lipinski definition) is 8. The molecule has 12 heteroatoms. The van der Waals surface area contributed by atoms with Crippen molar-refractivity contribution in [2.75, 3.05) is 16.0 Å². The molecule has 0 bridgehead atoms. The molecule has 0 radical (unpaired) electrons. The number of allylic oxidation sites excluding steroid dienone is 1. The quantitative estimate of drug-likeness (QED) is 0.0613. The minimum Gasteiger partial charge on any atom is -0.399 e. The number of fused-ring (bicyclic) bond motifs is 1. The van der Waals surface area contributed by atoms with Crippen LogP contribution in [-0.2, 0) is 0 Å². The van der Waals surface area contributed by atoms with Crippen molar-refractivity contribution in [2.24, 2.45) is 22.2 Å². The van der Waals surface area contributed by atoms with E-state index in [0.29, 0.717) is 33.5 Å². The van der Waals surface area contributed by atoms with Gasteiger partial charge < -0.3 is 33.2 Å². The van der Waals surface area contributed by atoms with Gasteiger partial charge in [0.05, 0.1) is 10.4 Å². The van der Waals surface area contributed by atoms with E-state index in [4.69, 9.17) is 17.2 Å². The summed E-state index contributed by atoms with van der Waals surface area (Å²) in [4.78, 5) is 31.8. The topological polar surface area (TPSA) is 200 Å². The highest BCUT2D eigenvalue weighted by Crippen LogP contribution is 2.29. The standard InChI is InChI=1S/C27H25N9O3/c1-16(28)13-25(35-27(29)30)33-20-4-2-3-17(14-20)26(37)34-19-7-5-18(6-8-19)32-24-11-12-31-23-10-9-21(36(38)39)15-22(23)24/h2-15,33H,1,28H2,(H,31,32)(H,34,37)(H4,29,30,35)/b25-13-. The lowest BCUT2D eigenvalue weighted by molar-refractivity contribution is -0.384. The van der Waals surface area contributed by atoms with E-state index in [1.54, 1.807) is 66.9 Å². The fraction of sp³-hybridized carbons (Fsp3) is 0. The molecule has 0 aliphatic carbocycles. The molecule has 39 heavy (non-hydrogen) atoms. The van der Waals surface area contributed by atoms with Crippen LogP contribution in [-0.4, -0.2) is 21.8 Å². The van der Waals surface area contributed by atoms with Gasteiger partial charge in [-0.05, 0) is 54.6 Å². The molecule has 12 nitrogen and oxygen atoms in total. The number of nitrogens with one attached hydrogen (secondary N) is 3. The second-order valence-electron chi connectivity index (χ2n) is 8.32. The number of benzene rings is 3. The molecule has 0 saturated carbocycles. The number of guanidine groups is 1. The Balaban J connectivity index is 1.47. The molecule has 4 aromatic rings. The molecule has 0 aliphatic heterocycles. The van der Waals surface area contributed by atoms with Crippen LogP contribution in [0, 0.1) is 10.1 Å². The molecular weight excluding hydrogens is 498 g/mol. The van der Waals surface area contributed by atoms with Crippen LogP contribution in [0.1, 0.15) is 10.4 Å². The predicted octanol–water partition coefficient (Wildman–Crippen LogP) is 4.14. The number of nitro benzene ring substituents is 1. The number of amides is 1. The molecule has 0 atom stereocenters. The number of carbonyl (C=O) groups excluding carboxylic acids is 1. The third-order valence-corrected chi connectivity index (χ3v) is 5.33. The summed E-state index contributed by atoms with van der Waals surface area (Å²) in [5.41, 5.74) is 20.3. The minimum absolute atomic E-state index is 0.0239. The van der Waals surface area contributed by atoms with E-state index < -0.39 is 4.92 Å². The summed E-state index contributed by atoms with van der Waals surface area (Å²) < 4.78 is 0. The van der Waals surface area contributed by atoms with E-state index in [0.717, 1.165) is 5.69 Å². The summed E-state index contributed by atoms with van der Waals surface area (Å²) in [6.07, 6.45) is 3.08. The van der Waals surface area contributed by atoms with Gasteiger partial charge in [0.25, 0.3) is 11.6 Å². The highest BCUT2D eigenvalue weighted by molar-refractivity contribution is 6.05. The molecule has 0 spiro atoms. The van der Waals surface area contributed by atoms with E-state index in [1.165, 1.54) is 18.2 Å². The van der Waals surface area contributed by atoms with Crippen LogP contribution in [0.2, 0.25) is 0 Å². The van der Waals surface area contributed by atoms with Gasteiger partial charge in [-0.1, -0.05) is 12.6 Å². The van der Waals surface area contributed by atoms with E-state index in [9.17, 15) is 14.9 Å². The summed E-state index contributed by atoms with van der Waals surface area (Å²) in [5, 5.41) is 20.9. The van der Waals surface area contributed by atoms with Crippen molar-refractivity contribution in [3.8, 4) is 0 Å². The highest BCUT2D eigenvalue weighted by Gasteiger charge is 2.11. The lowest BCUT2D eigenvalue weighted by atomic mass is 10.1. The fourth-order valence-electron chi connectivity index (χ4n) is 3.65. The first-order valence-electron chi connectivity index (χ1n) is 11.5. The van der Waals surface area contributed by atoms with Crippen molar-refractivity contribution in [2.45, 2.75) is 0 Å². The van der Waals surface area contributed by atoms with Crippen LogP contribution >= 0.6 is 0 Å². The molecule has 0 fully saturated rings. The fourth-order valence-corrected chi connectivity index (χ4v) is 3.65. The number of anilines is 4. The van der Waals surface area contributed by atoms with Crippen LogP contribution < -0.4 is 33.2 Å². The first kappa shape index (κ1) is 26.2. The van der Waals surface area contributed by atoms with Crippen LogP contribution in [0.4, 0.5) is 28.4 Å². The van der Waals surface area contributed by atoms with Gasteiger partial charge >= 0.3 is 0 Å². The van der Waals surface area contributed by atoms with Crippen molar-refractivity contribution >= 4 is 51.2 Å². The molecule has 196 valence electrons. The Bertz CT molecular complexity index is 1630. The highest BCUT2D eigenvalue weighted by atomic mass is 16.6. The number of carbonyl (C=O) groups is 1. The zero-order chi connectivity index (χ0) is 27.9. The van der Waals surface area contributed by atoms with E-state index >= 15 is 0 Å². The molecule has 4 rings (SSSR count). The minimum atomic E-state index is -0.448. The Kier molecular flexibility index (Phi) is 7.67. The SMILES string of the molecule is C=C(N)/C=C(\N=C(N)N)Nc1cccc(C(=O)Nc2ccc(Nc3ccnc4ccc([N+](=O)[O-])cc34)cc2)c1. The second kappa shape index (κ2) is 11.4. The number of hydrogen-bond donors (Lipinski definition) is 6. The number of aromatic nitrogens is 1. The smallest absolute Gasteiger partial charge is 0.270 e. The van der Waals surface area contributed by atoms with Crippen molar-refractivity contribution in [1.29, 1.82) is 0 Å². The first-order valence-corrected chi connectivity index (χ1v) is 11.5. The maximum absolute atomic E-state index is 12.9. The normalized spacial score (nSPS) is 10.9. The summed E-state index contributed by atoms with van der Waals surface area (Å²) in [6.45, 7) is 3.60. The summed E-state index contributed by atoms with van der Waals surface area (Å²) in [7, 11) is 0. The van der Waals surface area contributed by atoms with Crippen molar-refractivity contribution in [1.82, 2.24) is 4.98 Å². The van der Waals surface area contributed by atoms with E-state index in [-0.39, 0.29) is 29.1 Å². The molecule has 1 amide bonds. The second-order valence-corrected chi connectivity index (χ2v) is 8.32. The average molecular weight is 524 g/mol. The third kappa shape index (κ3) is 6.86. The number of aliphatic imine (C=N–C) groups is 1. The van der Waals surface area contributed by atoms with Crippen LogP contribution in [0.3, 0.4) is 0 Å². The summed E-state index contributed by atoms with van der Waals surface area (Å²) in [6, 6.07) is 20.0. The van der Waals surface area contributed by atoms with Gasteiger partial charge in [-0.3, -0.25) is 19.9 Å². The monoisotopic (exact) mass is 523 g/mol. The number of nitrogens with zero attached hydrogens (tertiary/aromatic N) is 3. The Morgan fingerprint density at radius 2 is 1.69 bits per heavy atom. The van der Waals surface area contributed by atoms with Gasteiger partial charge in [0.2, 0.25) is 0 Å². The number of nitro groups is 1. The van der Waals surface area contributed by atoms with Gasteiger partial charge in [0.1, 0.15) is 5.82 Å². The third-order valence-electron chi connectivity index (χ3n) is 5.33. The Hall–Kier alpha value is -5.91. The molecule has 0 unspecified atom stereocenters. The molecule has 0 aliphatic rings. The van der Waals surface area contributed by atoms with Crippen LogP contribution in [0.5, 0.6) is 0 Å². The van der Waals surface area contributed by atoms with Crippen molar-refractivity contribution < 1.29 is 9.72 Å². The number of pyridine rings is 1. The van der Waals surface area contributed by atoms with Gasteiger partial charge in [0.15, 0.2) is 5.96 Å². The predicted molar refractivity (Wildman–Crippen MR) is 153 cm³/mol. The summed E-state index contributed by atoms with van der Waals surface area (Å²) in [5.74, 6) is -0.234. The average Bonchev–Trinajstić information content (AvgIpc) is 2.89. The maximum atomic E-state index is 12.9. The maximum Gasteiger partial charge on any atom is 0.270 e. The molecule has 1 heterocycles. The lowest BCUT2D eigenvalue weighted by Gasteiger charge is -2.12. The zero-order valence-corrected chi connectivity index (χ0v) is 20.6. The van der Waals surface area contributed by atoms with Gasteiger partial charge in [-0.15, -0.1) is 0 Å². The van der Waals surface area contributed by atoms with E-state index in [2.05, 4.69) is 32.5 Å². The van der Waals surface area contributed by atoms with Gasteiger partial charge in [-0.25, -0.2) is 0 Å². The molecular formula is C27H25N9O3. The van der Waals surface area contributed by atoms with Gasteiger partial charge in [-0.2, -0.15) is 4.99 Å². The number of rotatable bonds is 9. The Labute approximate surface area is 223 Å². The zero-order valence-electron chi connectivity index (χ0n) is 20.6. The summed E-state index contributed by atoms with van der Waals surface area (Å²) >= 11 is 0. The number of non-ortho nitro benzene ring substituents is 1. The Morgan fingerprint density at radius 3 is 2.38 bits per heavy atom. The molecule has 9 N–H and O–H groups in total. The first-order chi connectivity index (χ1) is 18.7. The van der Waals surface area contributed by atoms with Crippen LogP contribution in [0.25, 0.3) is 10.9 Å². The number of nitrogens with two attached hydrogens (primary N) is 3. The van der Waals surface area contributed by atoms with Gasteiger partial charge in [0, 0.05) is 63.8 Å². The molecule has 1 aromatic heterocycles. The van der Waals surface area contributed by atoms with E-state index in [1.807, 2.05) is 0 Å². The Morgan fingerprint density at radius 1 is 0.949 bits per heavy atom.